The fraction of sp³-hybridized carbons (Fsp3) is 0.455. The molecule has 18 heavy (non-hydrogen) atoms. The Hall–Kier alpha value is -1.40. The first-order valence-electron chi connectivity index (χ1n) is 5.02. The maximum atomic E-state index is 12.2. The molecule has 0 amide bonds. The Kier molecular flexibility index (Phi) is 4.13. The standard InChI is InChI=1S/C11H11F6N/c1-8-2-4-9(5-3-8)18(6-10(12,13)14)7-11(15,16)17/h2-5H,6-7H2,1H3. The molecule has 0 aliphatic heterocycles. The number of halogens is 6. The van der Waals surface area contributed by atoms with Crippen LogP contribution in [0.1, 0.15) is 5.56 Å². The SMILES string of the molecule is Cc1ccc(N(CC(F)(F)F)CC(F)(F)F)cc1. The van der Waals surface area contributed by atoms with Crippen LogP contribution < -0.4 is 4.90 Å². The third kappa shape index (κ3) is 5.29. The zero-order valence-corrected chi connectivity index (χ0v) is 9.44. The largest absolute Gasteiger partial charge is 0.405 e. The smallest absolute Gasteiger partial charge is 0.353 e. The van der Waals surface area contributed by atoms with Gasteiger partial charge in [0.05, 0.1) is 0 Å². The highest BCUT2D eigenvalue weighted by molar-refractivity contribution is 5.47. The van der Waals surface area contributed by atoms with Crippen molar-refractivity contribution in [1.29, 1.82) is 0 Å². The highest BCUT2D eigenvalue weighted by Gasteiger charge is 2.37. The summed E-state index contributed by atoms with van der Waals surface area (Å²) in [5.41, 5.74) is 0.660. The summed E-state index contributed by atoms with van der Waals surface area (Å²) in [5, 5.41) is 0. The van der Waals surface area contributed by atoms with E-state index in [4.69, 9.17) is 0 Å². The molecule has 0 N–H and O–H groups in total. The molecule has 0 aliphatic rings. The van der Waals surface area contributed by atoms with Gasteiger partial charge < -0.3 is 4.90 Å². The van der Waals surface area contributed by atoms with E-state index in [-0.39, 0.29) is 10.6 Å². The second-order valence-electron chi connectivity index (χ2n) is 3.92. The van der Waals surface area contributed by atoms with Crippen LogP contribution in [0.25, 0.3) is 0 Å². The summed E-state index contributed by atoms with van der Waals surface area (Å²) in [6.07, 6.45) is -9.37. The average Bonchev–Trinajstić information content (AvgIpc) is 2.13. The van der Waals surface area contributed by atoms with Gasteiger partial charge in [-0.3, -0.25) is 0 Å². The monoisotopic (exact) mass is 271 g/mol. The van der Waals surface area contributed by atoms with Crippen molar-refractivity contribution in [3.05, 3.63) is 29.8 Å². The van der Waals surface area contributed by atoms with E-state index in [0.717, 1.165) is 5.56 Å². The minimum absolute atomic E-state index is 0.102. The van der Waals surface area contributed by atoms with Gasteiger partial charge in [0.2, 0.25) is 0 Å². The lowest BCUT2D eigenvalue weighted by Gasteiger charge is -2.27. The van der Waals surface area contributed by atoms with Gasteiger partial charge in [-0.1, -0.05) is 17.7 Å². The average molecular weight is 271 g/mol. The Balaban J connectivity index is 2.93. The Bertz CT molecular complexity index is 362. The minimum Gasteiger partial charge on any atom is -0.353 e. The summed E-state index contributed by atoms with van der Waals surface area (Å²) in [5.74, 6) is 0. The molecular weight excluding hydrogens is 260 g/mol. The van der Waals surface area contributed by atoms with Crippen LogP contribution in [-0.4, -0.2) is 25.4 Å². The molecular formula is C11H11F6N. The van der Waals surface area contributed by atoms with E-state index in [1.54, 1.807) is 6.92 Å². The summed E-state index contributed by atoms with van der Waals surface area (Å²) in [7, 11) is 0. The van der Waals surface area contributed by atoms with Gasteiger partial charge in [-0.15, -0.1) is 0 Å². The molecule has 1 rings (SSSR count). The molecule has 0 saturated carbocycles. The van der Waals surface area contributed by atoms with Crippen molar-refractivity contribution in [1.82, 2.24) is 0 Å². The predicted octanol–water partition coefficient (Wildman–Crippen LogP) is 3.93. The molecule has 7 heteroatoms. The molecule has 0 saturated heterocycles. The van der Waals surface area contributed by atoms with Crippen molar-refractivity contribution in [3.63, 3.8) is 0 Å². The van der Waals surface area contributed by atoms with Crippen molar-refractivity contribution >= 4 is 5.69 Å². The van der Waals surface area contributed by atoms with Crippen molar-refractivity contribution < 1.29 is 26.3 Å². The lowest BCUT2D eigenvalue weighted by atomic mass is 10.2. The van der Waals surface area contributed by atoms with E-state index in [2.05, 4.69) is 0 Å². The van der Waals surface area contributed by atoms with Crippen LogP contribution in [0.15, 0.2) is 24.3 Å². The summed E-state index contributed by atoms with van der Waals surface area (Å²) in [4.78, 5) is 0.263. The highest BCUT2D eigenvalue weighted by atomic mass is 19.4. The number of anilines is 1. The van der Waals surface area contributed by atoms with E-state index in [0.29, 0.717) is 0 Å². The van der Waals surface area contributed by atoms with Crippen molar-refractivity contribution in [2.45, 2.75) is 19.3 Å². The fourth-order valence-electron chi connectivity index (χ4n) is 1.43. The topological polar surface area (TPSA) is 3.24 Å². The summed E-state index contributed by atoms with van der Waals surface area (Å²) in [6, 6.07) is 5.42. The van der Waals surface area contributed by atoms with Gasteiger partial charge in [0.1, 0.15) is 13.1 Å². The normalized spacial score (nSPS) is 12.6. The lowest BCUT2D eigenvalue weighted by molar-refractivity contribution is -0.137. The number of hydrogen-bond acceptors (Lipinski definition) is 1. The van der Waals surface area contributed by atoms with Gasteiger partial charge in [0.25, 0.3) is 0 Å². The van der Waals surface area contributed by atoms with Crippen molar-refractivity contribution in [2.75, 3.05) is 18.0 Å². The maximum Gasteiger partial charge on any atom is 0.405 e. The van der Waals surface area contributed by atoms with Crippen molar-refractivity contribution in [2.24, 2.45) is 0 Å². The van der Waals surface area contributed by atoms with Gasteiger partial charge >= 0.3 is 12.4 Å². The Morgan fingerprint density at radius 3 is 1.56 bits per heavy atom. The second kappa shape index (κ2) is 5.07. The number of aryl methyl sites for hydroxylation is 1. The maximum absolute atomic E-state index is 12.2. The minimum atomic E-state index is -4.68. The predicted molar refractivity (Wildman–Crippen MR) is 55.5 cm³/mol. The first kappa shape index (κ1) is 14.7. The van der Waals surface area contributed by atoms with E-state index in [9.17, 15) is 26.3 Å². The van der Waals surface area contributed by atoms with E-state index in [1.807, 2.05) is 0 Å². The Morgan fingerprint density at radius 2 is 1.22 bits per heavy atom. The van der Waals surface area contributed by atoms with Crippen LogP contribution in [-0.2, 0) is 0 Å². The molecule has 0 spiro atoms. The Labute approximate surface area is 100 Å². The molecule has 0 radical (unpaired) electrons. The molecule has 0 atom stereocenters. The molecule has 0 aliphatic carbocycles. The molecule has 1 aromatic rings. The van der Waals surface area contributed by atoms with Crippen LogP contribution >= 0.6 is 0 Å². The lowest BCUT2D eigenvalue weighted by Crippen LogP contribution is -2.40. The molecule has 0 heterocycles. The third-order valence-corrected chi connectivity index (χ3v) is 2.14. The summed E-state index contributed by atoms with van der Waals surface area (Å²) < 4.78 is 73.4. The quantitative estimate of drug-likeness (QED) is 0.753. The van der Waals surface area contributed by atoms with E-state index < -0.39 is 25.4 Å². The number of nitrogens with zero attached hydrogens (tertiary/aromatic N) is 1. The fourth-order valence-corrected chi connectivity index (χ4v) is 1.43. The number of alkyl halides is 6. The molecule has 0 aromatic heterocycles. The second-order valence-corrected chi connectivity index (χ2v) is 3.92. The van der Waals surface area contributed by atoms with Crippen LogP contribution in [0.3, 0.4) is 0 Å². The van der Waals surface area contributed by atoms with Gasteiger partial charge in [0.15, 0.2) is 0 Å². The van der Waals surface area contributed by atoms with E-state index in [1.165, 1.54) is 24.3 Å². The third-order valence-electron chi connectivity index (χ3n) is 2.14. The first-order chi connectivity index (χ1) is 8.07. The summed E-state index contributed by atoms with van der Waals surface area (Å²) >= 11 is 0. The number of rotatable bonds is 3. The Morgan fingerprint density at radius 1 is 0.833 bits per heavy atom. The van der Waals surface area contributed by atoms with Gasteiger partial charge in [-0.05, 0) is 19.1 Å². The van der Waals surface area contributed by atoms with Gasteiger partial charge in [-0.25, -0.2) is 0 Å². The zero-order valence-electron chi connectivity index (χ0n) is 9.44. The summed E-state index contributed by atoms with van der Waals surface area (Å²) in [6.45, 7) is -1.56. The molecule has 1 nitrogen and oxygen atoms in total. The number of benzene rings is 1. The van der Waals surface area contributed by atoms with Crippen LogP contribution in [0, 0.1) is 6.92 Å². The van der Waals surface area contributed by atoms with Crippen LogP contribution in [0.4, 0.5) is 32.0 Å². The van der Waals surface area contributed by atoms with Gasteiger partial charge in [-0.2, -0.15) is 26.3 Å². The van der Waals surface area contributed by atoms with Gasteiger partial charge in [0, 0.05) is 5.69 Å². The van der Waals surface area contributed by atoms with Crippen LogP contribution in [0.5, 0.6) is 0 Å². The molecule has 0 unspecified atom stereocenters. The molecule has 102 valence electrons. The number of hydrogen-bond donors (Lipinski definition) is 0. The first-order valence-corrected chi connectivity index (χ1v) is 5.02. The van der Waals surface area contributed by atoms with Crippen molar-refractivity contribution in [3.8, 4) is 0 Å². The molecule has 1 aromatic carbocycles. The molecule has 0 fully saturated rings. The zero-order chi connectivity index (χ0) is 14.0. The molecule has 0 bridgehead atoms. The van der Waals surface area contributed by atoms with E-state index >= 15 is 0 Å². The van der Waals surface area contributed by atoms with Crippen LogP contribution in [0.2, 0.25) is 0 Å². The highest BCUT2D eigenvalue weighted by Crippen LogP contribution is 2.26.